The Morgan fingerprint density at radius 1 is 1.22 bits per heavy atom. The molecule has 0 atom stereocenters. The molecule has 0 bridgehead atoms. The quantitative estimate of drug-likeness (QED) is 0.417. The molecule has 1 saturated heterocycles. The molecule has 0 radical (unpaired) electrons. The summed E-state index contributed by atoms with van der Waals surface area (Å²) in [5, 5.41) is 1.26. The van der Waals surface area contributed by atoms with Gasteiger partial charge in [0.2, 0.25) is 0 Å². The zero-order valence-electron chi connectivity index (χ0n) is 19.3. The van der Waals surface area contributed by atoms with Crippen molar-refractivity contribution in [2.45, 2.75) is 24.9 Å². The Labute approximate surface area is 213 Å². The maximum absolute atomic E-state index is 13.5. The lowest BCUT2D eigenvalue weighted by Gasteiger charge is -2.44. The van der Waals surface area contributed by atoms with Crippen LogP contribution in [0.2, 0.25) is 0 Å². The molecule has 0 unspecified atom stereocenters. The lowest BCUT2D eigenvalue weighted by Crippen LogP contribution is -2.52. The second-order valence-corrected chi connectivity index (χ2v) is 10.8. The Bertz CT molecular complexity index is 1580. The number of anilines is 1. The average Bonchev–Trinajstić information content (AvgIpc) is 3.46. The van der Waals surface area contributed by atoms with Crippen molar-refractivity contribution in [3.05, 3.63) is 57.2 Å². The summed E-state index contributed by atoms with van der Waals surface area (Å²) in [5.74, 6) is 1.51. The summed E-state index contributed by atoms with van der Waals surface area (Å²) in [6.45, 7) is 0.917. The third-order valence-corrected chi connectivity index (χ3v) is 8.50. The first-order valence-electron chi connectivity index (χ1n) is 11.4. The molecule has 4 aromatic rings. The highest BCUT2D eigenvalue weighted by Gasteiger charge is 2.44. The first-order valence-corrected chi connectivity index (χ1v) is 13.0. The number of thiophene rings is 1. The van der Waals surface area contributed by atoms with Gasteiger partial charge in [-0.2, -0.15) is 4.37 Å². The number of amides is 1. The first kappa shape index (κ1) is 22.7. The van der Waals surface area contributed by atoms with E-state index in [0.29, 0.717) is 64.9 Å². The number of hydrogen-bond acceptors (Lipinski definition) is 9. The van der Waals surface area contributed by atoms with Crippen molar-refractivity contribution in [1.82, 2.24) is 14.3 Å². The Kier molecular flexibility index (Phi) is 5.34. The summed E-state index contributed by atoms with van der Waals surface area (Å²) in [6.07, 6.45) is 1.31. The van der Waals surface area contributed by atoms with Crippen molar-refractivity contribution in [2.24, 2.45) is 0 Å². The van der Waals surface area contributed by atoms with Crippen LogP contribution in [0.3, 0.4) is 0 Å². The number of aromatic nitrogens is 2. The van der Waals surface area contributed by atoms with Crippen LogP contribution in [0.1, 0.15) is 40.0 Å². The van der Waals surface area contributed by atoms with Crippen molar-refractivity contribution >= 4 is 49.6 Å². The van der Waals surface area contributed by atoms with Crippen LogP contribution in [-0.4, -0.2) is 51.7 Å². The monoisotopic (exact) mass is 522 g/mol. The van der Waals surface area contributed by atoms with Gasteiger partial charge in [0.15, 0.2) is 11.6 Å². The van der Waals surface area contributed by atoms with Crippen LogP contribution in [0.25, 0.3) is 21.5 Å². The van der Waals surface area contributed by atoms with Crippen molar-refractivity contribution in [3.63, 3.8) is 0 Å². The van der Waals surface area contributed by atoms with Gasteiger partial charge in [0.1, 0.15) is 17.1 Å². The number of Topliss-reactive ketones (excluding diaryl/α,β-unsaturated/α-hetero) is 1. The molecular formula is C25H22N4O5S2. The molecule has 36 heavy (non-hydrogen) atoms. The summed E-state index contributed by atoms with van der Waals surface area (Å²) >= 11 is 2.19. The van der Waals surface area contributed by atoms with E-state index in [9.17, 15) is 14.4 Å². The number of rotatable bonds is 3. The van der Waals surface area contributed by atoms with Crippen molar-refractivity contribution in [3.8, 4) is 22.9 Å². The molecular weight excluding hydrogens is 500 g/mol. The number of methoxy groups -OCH3 is 1. The zero-order valence-corrected chi connectivity index (χ0v) is 21.0. The number of nitrogen functional groups attached to an aromatic ring is 1. The number of carbonyl (C=O) groups is 2. The van der Waals surface area contributed by atoms with Crippen molar-refractivity contribution in [2.75, 3.05) is 25.9 Å². The van der Waals surface area contributed by atoms with Crippen LogP contribution >= 0.6 is 22.9 Å². The fourth-order valence-electron chi connectivity index (χ4n) is 5.04. The van der Waals surface area contributed by atoms with Gasteiger partial charge < -0.3 is 20.1 Å². The molecule has 1 amide bonds. The number of piperidine rings is 1. The summed E-state index contributed by atoms with van der Waals surface area (Å²) in [7, 11) is 1.60. The average molecular weight is 523 g/mol. The molecule has 3 N–H and O–H groups in total. The number of hydrogen-bond donors (Lipinski definition) is 2. The molecule has 184 valence electrons. The molecule has 4 heterocycles. The van der Waals surface area contributed by atoms with Gasteiger partial charge in [-0.1, -0.05) is 12.1 Å². The number of benzene rings is 2. The van der Waals surface area contributed by atoms with Crippen LogP contribution in [0.15, 0.2) is 41.2 Å². The lowest BCUT2D eigenvalue weighted by molar-refractivity contribution is -0.00561. The predicted octanol–water partition coefficient (Wildman–Crippen LogP) is 3.94. The van der Waals surface area contributed by atoms with Gasteiger partial charge in [0, 0.05) is 48.4 Å². The number of ether oxygens (including phenoxy) is 2. The first-order chi connectivity index (χ1) is 17.4. The van der Waals surface area contributed by atoms with Crippen LogP contribution in [0.4, 0.5) is 5.00 Å². The number of aromatic amines is 1. The lowest BCUT2D eigenvalue weighted by atomic mass is 9.82. The summed E-state index contributed by atoms with van der Waals surface area (Å²) in [4.78, 5) is 42.3. The molecule has 0 aliphatic carbocycles. The molecule has 2 aliphatic heterocycles. The highest BCUT2D eigenvalue weighted by Crippen LogP contribution is 2.43. The molecule has 2 aromatic heterocycles. The molecule has 2 aromatic carbocycles. The highest BCUT2D eigenvalue weighted by molar-refractivity contribution is 7.23. The number of H-pyrrole nitrogens is 1. The molecule has 0 saturated carbocycles. The Morgan fingerprint density at radius 2 is 2.03 bits per heavy atom. The van der Waals surface area contributed by atoms with E-state index in [2.05, 4.69) is 9.36 Å². The molecule has 1 fully saturated rings. The van der Waals surface area contributed by atoms with Gasteiger partial charge in [-0.05, 0) is 24.3 Å². The third kappa shape index (κ3) is 3.66. The van der Waals surface area contributed by atoms with Crippen LogP contribution in [0.5, 0.6) is 11.5 Å². The van der Waals surface area contributed by atoms with E-state index in [1.165, 1.54) is 11.3 Å². The van der Waals surface area contributed by atoms with Gasteiger partial charge in [0.25, 0.3) is 5.91 Å². The second-order valence-electron chi connectivity index (χ2n) is 9.01. The number of carbonyl (C=O) groups excluding carboxylic acids is 2. The number of nitrogens with zero attached hydrogens (tertiary/aromatic N) is 2. The molecule has 1 spiro atoms. The van der Waals surface area contributed by atoms with E-state index < -0.39 is 5.60 Å². The minimum atomic E-state index is -0.650. The van der Waals surface area contributed by atoms with Crippen LogP contribution in [0, 0.1) is 0 Å². The van der Waals surface area contributed by atoms with E-state index in [-0.39, 0.29) is 23.0 Å². The van der Waals surface area contributed by atoms with E-state index in [1.807, 2.05) is 18.2 Å². The molecule has 2 aliphatic rings. The number of nitrogens with one attached hydrogen (secondary N) is 1. The Morgan fingerprint density at radius 3 is 2.75 bits per heavy atom. The smallest absolute Gasteiger partial charge is 0.323 e. The van der Waals surface area contributed by atoms with Gasteiger partial charge in [0.05, 0.1) is 34.4 Å². The standard InChI is InChI=1S/C25H22N4O5S2/c1-33-18-4-2-3-14-19(21(26)35-20(14)18)23(31)29-9-7-25(8-10-29)12-16(30)15-11-13(5-6-17(15)34-25)22-27-24(32)36-28-22/h2-6,11H,7-10,12,26H2,1H3,(H,27,28,32). The topological polar surface area (TPSA) is 128 Å². The fourth-order valence-corrected chi connectivity index (χ4v) is 6.56. The van der Waals surface area contributed by atoms with Gasteiger partial charge in [-0.15, -0.1) is 11.3 Å². The van der Waals surface area contributed by atoms with Crippen LogP contribution < -0.4 is 20.1 Å². The number of fused-ring (bicyclic) bond motifs is 2. The zero-order chi connectivity index (χ0) is 25.0. The van der Waals surface area contributed by atoms with E-state index in [4.69, 9.17) is 15.2 Å². The van der Waals surface area contributed by atoms with E-state index in [1.54, 1.807) is 30.2 Å². The maximum Gasteiger partial charge on any atom is 0.323 e. The Hall–Kier alpha value is -3.70. The second kappa shape index (κ2) is 8.45. The molecule has 6 rings (SSSR count). The summed E-state index contributed by atoms with van der Waals surface area (Å²) < 4.78 is 16.8. The normalized spacial score (nSPS) is 16.7. The largest absolute Gasteiger partial charge is 0.495 e. The minimum absolute atomic E-state index is 0.0179. The van der Waals surface area contributed by atoms with Gasteiger partial charge in [-0.25, -0.2) is 0 Å². The number of ketones is 1. The van der Waals surface area contributed by atoms with Gasteiger partial charge in [-0.3, -0.25) is 19.4 Å². The summed E-state index contributed by atoms with van der Waals surface area (Å²) in [6, 6.07) is 10.8. The molecule has 11 heteroatoms. The van der Waals surface area contributed by atoms with Crippen molar-refractivity contribution < 1.29 is 19.1 Å². The third-order valence-electron chi connectivity index (χ3n) is 6.91. The summed E-state index contributed by atoms with van der Waals surface area (Å²) in [5.41, 5.74) is 7.27. The highest BCUT2D eigenvalue weighted by atomic mass is 32.1. The van der Waals surface area contributed by atoms with Crippen LogP contribution in [-0.2, 0) is 0 Å². The predicted molar refractivity (Wildman–Crippen MR) is 138 cm³/mol. The number of likely N-dealkylation sites (tertiary alicyclic amines) is 1. The fraction of sp³-hybridized carbons (Fsp3) is 0.280. The number of nitrogens with two attached hydrogens (primary N) is 1. The van der Waals surface area contributed by atoms with E-state index in [0.717, 1.165) is 21.6 Å². The van der Waals surface area contributed by atoms with E-state index >= 15 is 0 Å². The molecule has 9 nitrogen and oxygen atoms in total. The maximum atomic E-state index is 13.5. The SMILES string of the molecule is COc1cccc2c(C(=O)N3CCC4(CC3)CC(=O)c3cc(-c5nsc(=O)[nH]5)ccc3O4)c(N)sc12. The Balaban J connectivity index is 1.21. The minimum Gasteiger partial charge on any atom is -0.495 e. The van der Waals surface area contributed by atoms with Crippen molar-refractivity contribution in [1.29, 1.82) is 0 Å². The van der Waals surface area contributed by atoms with Gasteiger partial charge >= 0.3 is 4.87 Å².